The van der Waals surface area contributed by atoms with Crippen LogP contribution in [0.2, 0.25) is 0 Å². The molecule has 1 aliphatic rings. The molecule has 2 aromatic heterocycles. The van der Waals surface area contributed by atoms with Gasteiger partial charge in [0.1, 0.15) is 5.69 Å². The SMILES string of the molecule is CC1CC(C(=O)N(C)CCN(C)C(=O)c2ccc3oc(=O)[nH]c3n2)C1. The molecule has 1 N–H and O–H groups in total. The summed E-state index contributed by atoms with van der Waals surface area (Å²) in [5.41, 5.74) is 0.772. The van der Waals surface area contributed by atoms with Gasteiger partial charge in [0.25, 0.3) is 5.91 Å². The smallest absolute Gasteiger partial charge is 0.406 e. The summed E-state index contributed by atoms with van der Waals surface area (Å²) in [5.74, 6) is 0.0207. The van der Waals surface area contributed by atoms with Crippen molar-refractivity contribution in [3.63, 3.8) is 0 Å². The number of aromatic amines is 1. The van der Waals surface area contributed by atoms with Gasteiger partial charge in [0.05, 0.1) is 0 Å². The number of amides is 2. The minimum Gasteiger partial charge on any atom is -0.406 e. The Bertz CT molecular complexity index is 850. The van der Waals surface area contributed by atoms with Gasteiger partial charge in [0.2, 0.25) is 5.91 Å². The standard InChI is InChI=1S/C17H22N4O4/c1-10-8-11(9-10)15(22)20(2)6-7-21(3)16(23)12-4-5-13-14(18-12)19-17(24)25-13/h4-5,10-11H,6-9H2,1-3H3,(H,18,19,24). The molecule has 1 saturated carbocycles. The number of nitrogens with zero attached hydrogens (tertiary/aromatic N) is 3. The van der Waals surface area contributed by atoms with Crippen molar-refractivity contribution < 1.29 is 14.0 Å². The van der Waals surface area contributed by atoms with E-state index in [0.29, 0.717) is 24.6 Å². The summed E-state index contributed by atoms with van der Waals surface area (Å²) in [6, 6.07) is 3.05. The maximum Gasteiger partial charge on any atom is 0.418 e. The highest BCUT2D eigenvalue weighted by atomic mass is 16.4. The largest absolute Gasteiger partial charge is 0.418 e. The van der Waals surface area contributed by atoms with Crippen LogP contribution in [0.5, 0.6) is 0 Å². The van der Waals surface area contributed by atoms with Crippen molar-refractivity contribution in [3.05, 3.63) is 28.4 Å². The Kier molecular flexibility index (Phi) is 4.61. The minimum atomic E-state index is -0.606. The van der Waals surface area contributed by atoms with Crippen LogP contribution >= 0.6 is 0 Å². The Morgan fingerprint density at radius 2 is 1.92 bits per heavy atom. The average molecular weight is 346 g/mol. The van der Waals surface area contributed by atoms with Crippen LogP contribution in [0, 0.1) is 11.8 Å². The van der Waals surface area contributed by atoms with Crippen LogP contribution in [0.3, 0.4) is 0 Å². The van der Waals surface area contributed by atoms with E-state index in [4.69, 9.17) is 4.42 Å². The highest BCUT2D eigenvalue weighted by molar-refractivity contribution is 5.93. The first-order chi connectivity index (χ1) is 11.8. The molecule has 25 heavy (non-hydrogen) atoms. The predicted octanol–water partition coefficient (Wildman–Crippen LogP) is 1.09. The molecule has 0 aliphatic heterocycles. The second-order valence-electron chi connectivity index (χ2n) is 6.82. The molecular weight excluding hydrogens is 324 g/mol. The first-order valence-corrected chi connectivity index (χ1v) is 8.35. The zero-order valence-electron chi connectivity index (χ0n) is 14.6. The van der Waals surface area contributed by atoms with E-state index in [1.165, 1.54) is 17.0 Å². The van der Waals surface area contributed by atoms with Gasteiger partial charge in [0.15, 0.2) is 11.2 Å². The van der Waals surface area contributed by atoms with E-state index in [1.807, 2.05) is 0 Å². The van der Waals surface area contributed by atoms with Crippen LogP contribution in [-0.2, 0) is 4.79 Å². The van der Waals surface area contributed by atoms with Crippen LogP contribution in [0.15, 0.2) is 21.3 Å². The third-order valence-electron chi connectivity index (χ3n) is 4.72. The molecule has 8 heteroatoms. The van der Waals surface area contributed by atoms with E-state index in [0.717, 1.165) is 12.8 Å². The van der Waals surface area contributed by atoms with Gasteiger partial charge in [-0.2, -0.15) is 0 Å². The van der Waals surface area contributed by atoms with Gasteiger partial charge in [0, 0.05) is 33.1 Å². The fourth-order valence-corrected chi connectivity index (χ4v) is 3.08. The summed E-state index contributed by atoms with van der Waals surface area (Å²) in [5, 5.41) is 0. The fourth-order valence-electron chi connectivity index (χ4n) is 3.08. The second-order valence-corrected chi connectivity index (χ2v) is 6.82. The van der Waals surface area contributed by atoms with Crippen molar-refractivity contribution in [3.8, 4) is 0 Å². The van der Waals surface area contributed by atoms with Crippen LogP contribution in [0.25, 0.3) is 11.2 Å². The molecule has 0 unspecified atom stereocenters. The molecule has 0 atom stereocenters. The lowest BCUT2D eigenvalue weighted by Crippen LogP contribution is -2.43. The molecule has 0 bridgehead atoms. The van der Waals surface area contributed by atoms with Crippen molar-refractivity contribution in [2.24, 2.45) is 11.8 Å². The third-order valence-corrected chi connectivity index (χ3v) is 4.72. The Labute approximate surface area is 144 Å². The van der Waals surface area contributed by atoms with Crippen molar-refractivity contribution in [1.82, 2.24) is 19.8 Å². The maximum atomic E-state index is 12.5. The number of likely N-dealkylation sites (N-methyl/N-ethyl adjacent to an activating group) is 2. The van der Waals surface area contributed by atoms with Gasteiger partial charge in [-0.3, -0.25) is 14.6 Å². The van der Waals surface area contributed by atoms with E-state index < -0.39 is 5.76 Å². The van der Waals surface area contributed by atoms with Crippen molar-refractivity contribution in [1.29, 1.82) is 0 Å². The van der Waals surface area contributed by atoms with E-state index in [2.05, 4.69) is 16.9 Å². The molecule has 0 saturated heterocycles. The van der Waals surface area contributed by atoms with Crippen molar-refractivity contribution in [2.75, 3.05) is 27.2 Å². The quantitative estimate of drug-likeness (QED) is 0.874. The lowest BCUT2D eigenvalue weighted by molar-refractivity contribution is -0.138. The number of aromatic nitrogens is 2. The van der Waals surface area contributed by atoms with Crippen molar-refractivity contribution in [2.45, 2.75) is 19.8 Å². The molecule has 0 spiro atoms. The van der Waals surface area contributed by atoms with Crippen LogP contribution < -0.4 is 5.76 Å². The van der Waals surface area contributed by atoms with Gasteiger partial charge in [-0.15, -0.1) is 0 Å². The monoisotopic (exact) mass is 346 g/mol. The normalized spacial score (nSPS) is 19.5. The van der Waals surface area contributed by atoms with Gasteiger partial charge >= 0.3 is 5.76 Å². The lowest BCUT2D eigenvalue weighted by atomic mass is 9.75. The van der Waals surface area contributed by atoms with Gasteiger partial charge in [-0.05, 0) is 30.9 Å². The molecule has 2 amide bonds. The highest BCUT2D eigenvalue weighted by Crippen LogP contribution is 2.34. The predicted molar refractivity (Wildman–Crippen MR) is 91.1 cm³/mol. The number of oxazole rings is 1. The summed E-state index contributed by atoms with van der Waals surface area (Å²) >= 11 is 0. The first kappa shape index (κ1) is 17.2. The van der Waals surface area contributed by atoms with E-state index >= 15 is 0 Å². The third kappa shape index (κ3) is 3.57. The number of carbonyl (C=O) groups is 2. The average Bonchev–Trinajstić information content (AvgIpc) is 2.94. The van der Waals surface area contributed by atoms with Crippen LogP contribution in [-0.4, -0.2) is 58.8 Å². The Balaban J connectivity index is 1.57. The molecule has 2 aromatic rings. The lowest BCUT2D eigenvalue weighted by Gasteiger charge is -2.34. The summed E-state index contributed by atoms with van der Waals surface area (Å²) in [7, 11) is 3.43. The molecule has 1 aliphatic carbocycles. The number of carbonyl (C=O) groups excluding carboxylic acids is 2. The Morgan fingerprint density at radius 3 is 2.60 bits per heavy atom. The molecule has 8 nitrogen and oxygen atoms in total. The van der Waals surface area contributed by atoms with Gasteiger partial charge in [-0.25, -0.2) is 9.78 Å². The topological polar surface area (TPSA) is 99.5 Å². The van der Waals surface area contributed by atoms with Gasteiger partial charge < -0.3 is 14.2 Å². The zero-order chi connectivity index (χ0) is 18.1. The van der Waals surface area contributed by atoms with Crippen molar-refractivity contribution >= 4 is 23.0 Å². The molecule has 134 valence electrons. The highest BCUT2D eigenvalue weighted by Gasteiger charge is 2.33. The van der Waals surface area contributed by atoms with Crippen LogP contribution in [0.1, 0.15) is 30.3 Å². The fraction of sp³-hybridized carbons (Fsp3) is 0.529. The van der Waals surface area contributed by atoms with E-state index in [1.54, 1.807) is 19.0 Å². The second kappa shape index (κ2) is 6.70. The summed E-state index contributed by atoms with van der Waals surface area (Å²) < 4.78 is 4.87. The number of nitrogens with one attached hydrogen (secondary N) is 1. The summed E-state index contributed by atoms with van der Waals surface area (Å²) in [6.45, 7) is 3.02. The molecule has 3 rings (SSSR count). The summed E-state index contributed by atoms with van der Waals surface area (Å²) in [6.07, 6.45) is 1.90. The molecule has 1 fully saturated rings. The number of rotatable bonds is 5. The molecule has 0 aromatic carbocycles. The number of pyridine rings is 1. The summed E-state index contributed by atoms with van der Waals surface area (Å²) in [4.78, 5) is 45.6. The number of fused-ring (bicyclic) bond motifs is 1. The Hall–Kier alpha value is -2.64. The maximum absolute atomic E-state index is 12.5. The van der Waals surface area contributed by atoms with Crippen LogP contribution in [0.4, 0.5) is 0 Å². The molecule has 0 radical (unpaired) electrons. The van der Waals surface area contributed by atoms with E-state index in [-0.39, 0.29) is 29.1 Å². The Morgan fingerprint density at radius 1 is 1.24 bits per heavy atom. The first-order valence-electron chi connectivity index (χ1n) is 8.35. The molecule has 2 heterocycles. The zero-order valence-corrected chi connectivity index (χ0v) is 14.6. The minimum absolute atomic E-state index is 0.128. The number of hydrogen-bond donors (Lipinski definition) is 1. The molecular formula is C17H22N4O4. The number of hydrogen-bond acceptors (Lipinski definition) is 5. The van der Waals surface area contributed by atoms with E-state index in [9.17, 15) is 14.4 Å². The van der Waals surface area contributed by atoms with Gasteiger partial charge in [-0.1, -0.05) is 6.92 Å². The number of H-pyrrole nitrogens is 1.